The number of hydrogen-bond acceptors (Lipinski definition) is 3. The van der Waals surface area contributed by atoms with E-state index in [1.54, 1.807) is 24.5 Å². The molecule has 2 aromatic rings. The van der Waals surface area contributed by atoms with Crippen LogP contribution >= 0.6 is 11.3 Å². The normalized spacial score (nSPS) is 11.7. The van der Waals surface area contributed by atoms with Gasteiger partial charge in [-0.05, 0) is 32.0 Å². The van der Waals surface area contributed by atoms with Crippen LogP contribution in [0.3, 0.4) is 0 Å². The number of halogens is 3. The molecule has 27 heavy (non-hydrogen) atoms. The van der Waals surface area contributed by atoms with Gasteiger partial charge in [0.15, 0.2) is 5.96 Å². The molecule has 1 heterocycles. The Hall–Kier alpha value is -2.53. The standard InChI is InChI=1S/C19H21F3N4S/c1-13-14(2)27-17(26-13)9-11-25-18(23-3)24-10-5-7-15-6-4-8-16(12-15)19(20,21)22/h4,6,8,12H,9-11H2,1-3H3,(H2,23,24,25). The smallest absolute Gasteiger partial charge is 0.356 e. The zero-order valence-electron chi connectivity index (χ0n) is 15.4. The first-order valence-corrected chi connectivity index (χ1v) is 9.15. The van der Waals surface area contributed by atoms with E-state index in [1.807, 2.05) is 13.8 Å². The summed E-state index contributed by atoms with van der Waals surface area (Å²) in [6.07, 6.45) is -3.58. The van der Waals surface area contributed by atoms with Gasteiger partial charge in [-0.1, -0.05) is 17.9 Å². The molecule has 1 aromatic heterocycles. The Kier molecular flexibility index (Phi) is 7.25. The molecule has 0 aliphatic heterocycles. The minimum Gasteiger partial charge on any atom is -0.356 e. The number of aliphatic imine (C=N–C) groups is 1. The van der Waals surface area contributed by atoms with E-state index in [2.05, 4.69) is 32.5 Å². The number of nitrogens with one attached hydrogen (secondary N) is 2. The summed E-state index contributed by atoms with van der Waals surface area (Å²) < 4.78 is 38.1. The van der Waals surface area contributed by atoms with Crippen molar-refractivity contribution in [3.05, 3.63) is 51.0 Å². The minimum atomic E-state index is -4.36. The molecule has 0 amide bonds. The lowest BCUT2D eigenvalue weighted by Gasteiger charge is -2.08. The fraction of sp³-hybridized carbons (Fsp3) is 0.368. The van der Waals surface area contributed by atoms with E-state index >= 15 is 0 Å². The van der Waals surface area contributed by atoms with Crippen molar-refractivity contribution in [3.8, 4) is 11.8 Å². The van der Waals surface area contributed by atoms with Crippen molar-refractivity contribution in [1.82, 2.24) is 15.6 Å². The molecule has 1 aromatic carbocycles. The summed E-state index contributed by atoms with van der Waals surface area (Å²) in [5.41, 5.74) is 0.679. The van der Waals surface area contributed by atoms with Gasteiger partial charge < -0.3 is 10.6 Å². The van der Waals surface area contributed by atoms with Crippen molar-refractivity contribution in [3.63, 3.8) is 0 Å². The third-order valence-corrected chi connectivity index (χ3v) is 4.83. The lowest BCUT2D eigenvalue weighted by Crippen LogP contribution is -2.38. The van der Waals surface area contributed by atoms with E-state index in [1.165, 1.54) is 10.9 Å². The number of aromatic nitrogens is 1. The van der Waals surface area contributed by atoms with Gasteiger partial charge in [-0.3, -0.25) is 4.99 Å². The summed E-state index contributed by atoms with van der Waals surface area (Å²) in [5.74, 6) is 6.11. The number of nitrogens with zero attached hydrogens (tertiary/aromatic N) is 2. The Morgan fingerprint density at radius 1 is 1.26 bits per heavy atom. The Balaban J connectivity index is 1.81. The molecule has 0 spiro atoms. The van der Waals surface area contributed by atoms with Crippen LogP contribution in [0, 0.1) is 25.7 Å². The van der Waals surface area contributed by atoms with E-state index in [-0.39, 0.29) is 6.54 Å². The van der Waals surface area contributed by atoms with Crippen LogP contribution in [-0.4, -0.2) is 31.1 Å². The van der Waals surface area contributed by atoms with Crippen LogP contribution in [0.5, 0.6) is 0 Å². The molecule has 0 atom stereocenters. The second-order valence-corrected chi connectivity index (χ2v) is 7.02. The van der Waals surface area contributed by atoms with Crippen LogP contribution in [0.2, 0.25) is 0 Å². The first-order chi connectivity index (χ1) is 12.8. The number of benzene rings is 1. The van der Waals surface area contributed by atoms with Gasteiger partial charge in [-0.25, -0.2) is 4.98 Å². The van der Waals surface area contributed by atoms with Gasteiger partial charge in [0.2, 0.25) is 0 Å². The molecule has 2 N–H and O–H groups in total. The van der Waals surface area contributed by atoms with Gasteiger partial charge in [0.05, 0.1) is 22.8 Å². The fourth-order valence-corrected chi connectivity index (χ4v) is 3.14. The number of alkyl halides is 3. The number of rotatable bonds is 4. The van der Waals surface area contributed by atoms with Crippen molar-refractivity contribution in [2.24, 2.45) is 4.99 Å². The predicted molar refractivity (Wildman–Crippen MR) is 103 cm³/mol. The molecular formula is C19H21F3N4S. The third kappa shape index (κ3) is 6.61. The molecule has 144 valence electrons. The largest absolute Gasteiger partial charge is 0.416 e. The predicted octanol–water partition coefficient (Wildman–Crippen LogP) is 3.54. The number of thiazole rings is 1. The van der Waals surface area contributed by atoms with Crippen LogP contribution < -0.4 is 10.6 Å². The maximum atomic E-state index is 12.7. The van der Waals surface area contributed by atoms with Crippen molar-refractivity contribution < 1.29 is 13.2 Å². The van der Waals surface area contributed by atoms with Crippen molar-refractivity contribution in [2.75, 3.05) is 20.1 Å². The van der Waals surface area contributed by atoms with Gasteiger partial charge in [0.1, 0.15) is 0 Å². The van der Waals surface area contributed by atoms with Crippen molar-refractivity contribution in [1.29, 1.82) is 0 Å². The van der Waals surface area contributed by atoms with Crippen LogP contribution in [0.15, 0.2) is 29.3 Å². The lowest BCUT2D eigenvalue weighted by atomic mass is 10.1. The highest BCUT2D eigenvalue weighted by Crippen LogP contribution is 2.29. The third-order valence-electron chi connectivity index (χ3n) is 3.69. The van der Waals surface area contributed by atoms with Gasteiger partial charge >= 0.3 is 6.18 Å². The molecule has 8 heteroatoms. The Labute approximate surface area is 160 Å². The lowest BCUT2D eigenvalue weighted by molar-refractivity contribution is -0.137. The summed E-state index contributed by atoms with van der Waals surface area (Å²) in [7, 11) is 1.65. The number of aryl methyl sites for hydroxylation is 2. The zero-order chi connectivity index (χ0) is 19.9. The van der Waals surface area contributed by atoms with Crippen LogP contribution in [-0.2, 0) is 12.6 Å². The second-order valence-electron chi connectivity index (χ2n) is 5.73. The SMILES string of the molecule is CN=C(NCC#Cc1cccc(C(F)(F)F)c1)NCCc1nc(C)c(C)s1. The van der Waals surface area contributed by atoms with E-state index in [4.69, 9.17) is 0 Å². The topological polar surface area (TPSA) is 49.3 Å². The highest BCUT2D eigenvalue weighted by atomic mass is 32.1. The molecule has 0 bridgehead atoms. The average Bonchev–Trinajstić information content (AvgIpc) is 2.94. The van der Waals surface area contributed by atoms with Gasteiger partial charge in [-0.15, -0.1) is 11.3 Å². The molecular weight excluding hydrogens is 373 g/mol. The molecule has 0 fully saturated rings. The number of guanidine groups is 1. The Bertz CT molecular complexity index is 840. The fourth-order valence-electron chi connectivity index (χ4n) is 2.20. The summed E-state index contributed by atoms with van der Waals surface area (Å²) in [5, 5.41) is 7.24. The van der Waals surface area contributed by atoms with E-state index in [9.17, 15) is 13.2 Å². The molecule has 0 unspecified atom stereocenters. The molecule has 0 saturated heterocycles. The van der Waals surface area contributed by atoms with Crippen molar-refractivity contribution >= 4 is 17.3 Å². The van der Waals surface area contributed by atoms with E-state index in [0.717, 1.165) is 29.3 Å². The Morgan fingerprint density at radius 3 is 2.67 bits per heavy atom. The van der Waals surface area contributed by atoms with Crippen LogP contribution in [0.1, 0.15) is 26.7 Å². The number of hydrogen-bond donors (Lipinski definition) is 2. The summed E-state index contributed by atoms with van der Waals surface area (Å²) in [6, 6.07) is 4.97. The van der Waals surface area contributed by atoms with Gasteiger partial charge in [-0.2, -0.15) is 13.2 Å². The second kappa shape index (κ2) is 9.42. The molecule has 0 saturated carbocycles. The highest BCUT2D eigenvalue weighted by Gasteiger charge is 2.30. The maximum Gasteiger partial charge on any atom is 0.416 e. The maximum absolute atomic E-state index is 12.7. The van der Waals surface area contributed by atoms with E-state index in [0.29, 0.717) is 18.1 Å². The molecule has 2 rings (SSSR count). The molecule has 0 aliphatic carbocycles. The molecule has 4 nitrogen and oxygen atoms in total. The quantitative estimate of drug-likeness (QED) is 0.474. The van der Waals surface area contributed by atoms with Gasteiger partial charge in [0, 0.05) is 30.5 Å². The van der Waals surface area contributed by atoms with E-state index < -0.39 is 11.7 Å². The minimum absolute atomic E-state index is 0.269. The zero-order valence-corrected chi connectivity index (χ0v) is 16.2. The first-order valence-electron chi connectivity index (χ1n) is 8.33. The summed E-state index contributed by atoms with van der Waals surface area (Å²) in [4.78, 5) is 9.80. The monoisotopic (exact) mass is 394 g/mol. The average molecular weight is 394 g/mol. The van der Waals surface area contributed by atoms with Crippen LogP contribution in [0.4, 0.5) is 13.2 Å². The van der Waals surface area contributed by atoms with Crippen LogP contribution in [0.25, 0.3) is 0 Å². The molecule has 0 radical (unpaired) electrons. The summed E-state index contributed by atoms with van der Waals surface area (Å²) >= 11 is 1.68. The van der Waals surface area contributed by atoms with Gasteiger partial charge in [0.25, 0.3) is 0 Å². The Morgan fingerprint density at radius 2 is 2.04 bits per heavy atom. The first kappa shape index (κ1) is 20.8. The van der Waals surface area contributed by atoms with Crippen molar-refractivity contribution in [2.45, 2.75) is 26.4 Å². The molecule has 0 aliphatic rings. The highest BCUT2D eigenvalue weighted by molar-refractivity contribution is 7.11. The summed E-state index contributed by atoms with van der Waals surface area (Å²) in [6.45, 7) is 4.98.